The van der Waals surface area contributed by atoms with Crippen molar-refractivity contribution in [3.63, 3.8) is 0 Å². The molecule has 3 heterocycles. The van der Waals surface area contributed by atoms with Crippen LogP contribution in [0.3, 0.4) is 0 Å². The molecule has 0 saturated carbocycles. The number of fused-ring (bicyclic) bond motifs is 1. The van der Waals surface area contributed by atoms with Gasteiger partial charge in [-0.2, -0.15) is 0 Å². The summed E-state index contributed by atoms with van der Waals surface area (Å²) in [5.41, 5.74) is 4.00. The van der Waals surface area contributed by atoms with Crippen molar-refractivity contribution in [1.82, 2.24) is 35.7 Å². The van der Waals surface area contributed by atoms with Crippen LogP contribution in [0, 0.1) is 10.8 Å². The first-order valence-corrected chi connectivity index (χ1v) is 21.6. The van der Waals surface area contributed by atoms with E-state index in [2.05, 4.69) is 25.9 Å². The number of aliphatic hydroxyl groups excluding tert-OH is 1. The maximum absolute atomic E-state index is 14.7. The number of nitrogens with zero attached hydrogens (tertiary/aromatic N) is 4. The van der Waals surface area contributed by atoms with Gasteiger partial charge in [-0.1, -0.05) is 120 Å². The number of carbonyl (C=O) groups excluding carboxylic acids is 4. The summed E-state index contributed by atoms with van der Waals surface area (Å²) < 4.78 is 4.85. The number of hydrogen-bond acceptors (Lipinski definition) is 8. The number of pyridine rings is 2. The van der Waals surface area contributed by atoms with Crippen LogP contribution in [-0.2, 0) is 33.7 Å². The van der Waals surface area contributed by atoms with Crippen LogP contribution in [0.15, 0.2) is 116 Å². The highest BCUT2D eigenvalue weighted by molar-refractivity contribution is 5.90. The molecule has 2 aromatic heterocycles. The summed E-state index contributed by atoms with van der Waals surface area (Å²) >= 11 is 0. The van der Waals surface area contributed by atoms with Crippen molar-refractivity contribution in [3.05, 3.63) is 132 Å². The standard InChI is InChI=1S/C50H61N7O6/c1-49(2,3)43(55-47(61)63-7)45(59)53-37(29-34-20-22-35(23-21-34)39-18-13-14-25-51-39)31-42(58)41(30-33-15-9-8-10-16-33)54-46(60)44(50(4,5)6)57-28-27-56(48(57)62)32-36-24-26-52-40-19-12-11-17-38(36)40/h8-26,37,41-44,58H,27-32H2,1-7H3,(H,53,59)(H,54,60)(H,55,61)/t37-,41+,42+,43-,44-/m1/s1. The molecule has 1 aliphatic heterocycles. The molecule has 4 N–H and O–H groups in total. The molecular formula is C50H61N7O6. The van der Waals surface area contributed by atoms with Gasteiger partial charge in [0.2, 0.25) is 11.8 Å². The number of urea groups is 1. The average Bonchev–Trinajstić information content (AvgIpc) is 3.60. The minimum absolute atomic E-state index is 0.0527. The number of alkyl carbamates (subject to hydrolysis) is 1. The molecule has 13 nitrogen and oxygen atoms in total. The van der Waals surface area contributed by atoms with Crippen LogP contribution in [0.25, 0.3) is 22.2 Å². The van der Waals surface area contributed by atoms with E-state index in [0.29, 0.717) is 26.1 Å². The van der Waals surface area contributed by atoms with E-state index in [1.165, 1.54) is 7.11 Å². The lowest BCUT2D eigenvalue weighted by molar-refractivity contribution is -0.131. The Labute approximate surface area is 370 Å². The topological polar surface area (TPSA) is 166 Å². The van der Waals surface area contributed by atoms with Gasteiger partial charge in [-0.3, -0.25) is 19.6 Å². The van der Waals surface area contributed by atoms with Crippen molar-refractivity contribution in [2.75, 3.05) is 20.2 Å². The van der Waals surface area contributed by atoms with Gasteiger partial charge in [0.05, 0.1) is 30.5 Å². The third kappa shape index (κ3) is 12.0. The molecule has 6 rings (SSSR count). The number of amides is 5. The molecule has 0 spiro atoms. The van der Waals surface area contributed by atoms with Crippen LogP contribution in [0.5, 0.6) is 0 Å². The second kappa shape index (κ2) is 20.2. The molecule has 0 bridgehead atoms. The molecule has 0 aliphatic carbocycles. The van der Waals surface area contributed by atoms with Crippen LogP contribution in [-0.4, -0.2) is 99.3 Å². The first-order valence-electron chi connectivity index (χ1n) is 21.6. The van der Waals surface area contributed by atoms with E-state index in [-0.39, 0.29) is 24.8 Å². The summed E-state index contributed by atoms with van der Waals surface area (Å²) in [7, 11) is 1.24. The molecule has 0 unspecified atom stereocenters. The van der Waals surface area contributed by atoms with Crippen molar-refractivity contribution in [3.8, 4) is 11.3 Å². The van der Waals surface area contributed by atoms with E-state index in [9.17, 15) is 24.3 Å². The number of nitrogens with one attached hydrogen (secondary N) is 3. The lowest BCUT2D eigenvalue weighted by Gasteiger charge is -2.38. The van der Waals surface area contributed by atoms with Gasteiger partial charge in [0.1, 0.15) is 12.1 Å². The van der Waals surface area contributed by atoms with Gasteiger partial charge in [-0.05, 0) is 71.0 Å². The Balaban J connectivity index is 1.26. The van der Waals surface area contributed by atoms with Crippen molar-refractivity contribution in [1.29, 1.82) is 0 Å². The summed E-state index contributed by atoms with van der Waals surface area (Å²) in [5, 5.41) is 22.3. The molecule has 332 valence electrons. The highest BCUT2D eigenvalue weighted by Gasteiger charge is 2.44. The van der Waals surface area contributed by atoms with Gasteiger partial charge in [0.25, 0.3) is 0 Å². The molecule has 5 atom stereocenters. The lowest BCUT2D eigenvalue weighted by Crippen LogP contribution is -2.59. The Morgan fingerprint density at radius 3 is 2.08 bits per heavy atom. The Kier molecular flexibility index (Phi) is 14.8. The molecular weight excluding hydrogens is 795 g/mol. The number of carbonyl (C=O) groups is 4. The van der Waals surface area contributed by atoms with Gasteiger partial charge in [0.15, 0.2) is 0 Å². The smallest absolute Gasteiger partial charge is 0.407 e. The summed E-state index contributed by atoms with van der Waals surface area (Å²) in [6.07, 6.45) is 2.27. The zero-order chi connectivity index (χ0) is 45.3. The molecule has 1 saturated heterocycles. The second-order valence-corrected chi connectivity index (χ2v) is 18.5. The first-order chi connectivity index (χ1) is 30.0. The molecule has 0 radical (unpaired) electrons. The van der Waals surface area contributed by atoms with Gasteiger partial charge >= 0.3 is 12.1 Å². The number of aliphatic hydroxyl groups is 1. The molecule has 5 aromatic rings. The maximum atomic E-state index is 14.7. The maximum Gasteiger partial charge on any atom is 0.407 e. The Bertz CT molecular complexity index is 2320. The van der Waals surface area contributed by atoms with Crippen LogP contribution in [0.4, 0.5) is 9.59 Å². The van der Waals surface area contributed by atoms with Crippen molar-refractivity contribution in [2.24, 2.45) is 10.8 Å². The zero-order valence-corrected chi connectivity index (χ0v) is 37.4. The van der Waals surface area contributed by atoms with Gasteiger partial charge in [-0.15, -0.1) is 0 Å². The number of ether oxygens (including phenoxy) is 1. The minimum atomic E-state index is -1.15. The molecule has 1 aliphatic rings. The lowest BCUT2D eigenvalue weighted by atomic mass is 9.84. The van der Waals surface area contributed by atoms with E-state index in [4.69, 9.17) is 4.74 Å². The molecule has 5 amide bonds. The summed E-state index contributed by atoms with van der Waals surface area (Å²) in [5.74, 6) is -0.823. The monoisotopic (exact) mass is 855 g/mol. The number of benzene rings is 3. The van der Waals surface area contributed by atoms with E-state index < -0.39 is 53.1 Å². The number of methoxy groups -OCH3 is 1. The first kappa shape index (κ1) is 46.2. The summed E-state index contributed by atoms with van der Waals surface area (Å²) in [6, 6.07) is 29.4. The minimum Gasteiger partial charge on any atom is -0.453 e. The quantitative estimate of drug-likeness (QED) is 0.0830. The van der Waals surface area contributed by atoms with Crippen LogP contribution < -0.4 is 16.0 Å². The molecule has 1 fully saturated rings. The predicted octanol–water partition coefficient (Wildman–Crippen LogP) is 6.93. The van der Waals surface area contributed by atoms with Gasteiger partial charge < -0.3 is 35.6 Å². The highest BCUT2D eigenvalue weighted by atomic mass is 16.5. The molecule has 3 aromatic carbocycles. The third-order valence-electron chi connectivity index (χ3n) is 11.5. The molecule has 13 heteroatoms. The zero-order valence-electron chi connectivity index (χ0n) is 37.4. The Morgan fingerprint density at radius 2 is 1.41 bits per heavy atom. The van der Waals surface area contributed by atoms with Crippen molar-refractivity contribution >= 4 is 34.8 Å². The predicted molar refractivity (Wildman–Crippen MR) is 244 cm³/mol. The average molecular weight is 856 g/mol. The van der Waals surface area contributed by atoms with Crippen LogP contribution >= 0.6 is 0 Å². The van der Waals surface area contributed by atoms with Crippen LogP contribution in [0.2, 0.25) is 0 Å². The number of rotatable bonds is 16. The van der Waals surface area contributed by atoms with E-state index in [1.807, 2.05) is 145 Å². The normalized spacial score (nSPS) is 15.6. The van der Waals surface area contributed by atoms with Crippen LogP contribution in [0.1, 0.15) is 64.7 Å². The SMILES string of the molecule is COC(=O)N[C@H](C(=O)N[C@H](Cc1ccc(-c2ccccn2)cc1)C[C@H](O)[C@H](Cc1ccccc1)NC(=O)[C@@H](N1CCN(Cc2ccnc3ccccc23)C1=O)C(C)(C)C)C(C)(C)C. The highest BCUT2D eigenvalue weighted by Crippen LogP contribution is 2.30. The fourth-order valence-corrected chi connectivity index (χ4v) is 8.32. The van der Waals surface area contributed by atoms with E-state index in [1.54, 1.807) is 22.2 Å². The summed E-state index contributed by atoms with van der Waals surface area (Å²) in [6.45, 7) is 12.5. The number of aromatic nitrogens is 2. The largest absolute Gasteiger partial charge is 0.453 e. The fourth-order valence-electron chi connectivity index (χ4n) is 8.32. The third-order valence-corrected chi connectivity index (χ3v) is 11.5. The number of para-hydroxylation sites is 1. The van der Waals surface area contributed by atoms with Crippen molar-refractivity contribution < 1.29 is 29.0 Å². The van der Waals surface area contributed by atoms with E-state index >= 15 is 0 Å². The molecule has 63 heavy (non-hydrogen) atoms. The summed E-state index contributed by atoms with van der Waals surface area (Å²) in [4.78, 5) is 67.8. The Morgan fingerprint density at radius 1 is 0.730 bits per heavy atom. The fraction of sp³-hybridized carbons (Fsp3) is 0.400. The Hall–Kier alpha value is -6.34. The van der Waals surface area contributed by atoms with Crippen molar-refractivity contribution in [2.45, 2.75) is 97.6 Å². The van der Waals surface area contributed by atoms with Gasteiger partial charge in [-0.25, -0.2) is 9.59 Å². The second-order valence-electron chi connectivity index (χ2n) is 18.5. The van der Waals surface area contributed by atoms with Gasteiger partial charge in [0, 0.05) is 49.0 Å². The van der Waals surface area contributed by atoms with E-state index in [0.717, 1.165) is 38.9 Å². The number of hydrogen-bond donors (Lipinski definition) is 4.